The minimum Gasteiger partial charge on any atom is -0.495 e. The molecule has 1 aromatic carbocycles. The Bertz CT molecular complexity index is 380. The lowest BCUT2D eigenvalue weighted by molar-refractivity contribution is 0.0650. The van der Waals surface area contributed by atoms with Crippen molar-refractivity contribution in [2.45, 2.75) is 38.8 Å². The first kappa shape index (κ1) is 16.3. The molecule has 1 aromatic rings. The number of methoxy groups -OCH3 is 2. The average molecular weight is 286 g/mol. The van der Waals surface area contributed by atoms with E-state index in [4.69, 9.17) is 21.1 Å². The first-order valence-corrected chi connectivity index (χ1v) is 7.15. The molecule has 0 bridgehead atoms. The fourth-order valence-corrected chi connectivity index (χ4v) is 2.37. The molecule has 0 heterocycles. The quantitative estimate of drug-likeness (QED) is 0.788. The van der Waals surface area contributed by atoms with Crippen LogP contribution in [0.1, 0.15) is 38.3 Å². The van der Waals surface area contributed by atoms with Gasteiger partial charge in [-0.25, -0.2) is 0 Å². The highest BCUT2D eigenvalue weighted by Crippen LogP contribution is 2.30. The van der Waals surface area contributed by atoms with Crippen LogP contribution in [0.4, 0.5) is 0 Å². The Morgan fingerprint density at radius 2 is 2.00 bits per heavy atom. The van der Waals surface area contributed by atoms with Crippen molar-refractivity contribution in [1.29, 1.82) is 0 Å². The maximum atomic E-state index is 6.08. The minimum atomic E-state index is 0.137. The third-order valence-corrected chi connectivity index (χ3v) is 3.54. The Hall–Kier alpha value is -0.770. The van der Waals surface area contributed by atoms with E-state index in [9.17, 15) is 0 Å². The second-order valence-corrected chi connectivity index (χ2v) is 4.92. The number of hydrogen-bond donors (Lipinski definition) is 1. The normalized spacial score (nSPS) is 14.2. The summed E-state index contributed by atoms with van der Waals surface area (Å²) < 4.78 is 10.9. The zero-order valence-corrected chi connectivity index (χ0v) is 13.0. The molecule has 1 rings (SSSR count). The van der Waals surface area contributed by atoms with Crippen LogP contribution in [-0.4, -0.2) is 26.9 Å². The van der Waals surface area contributed by atoms with Gasteiger partial charge < -0.3 is 14.8 Å². The van der Waals surface area contributed by atoms with Gasteiger partial charge in [-0.05, 0) is 37.1 Å². The first-order chi connectivity index (χ1) is 9.17. The van der Waals surface area contributed by atoms with Gasteiger partial charge in [0.1, 0.15) is 5.75 Å². The predicted octanol–water partition coefficient (Wildman–Crippen LogP) is 3.81. The maximum absolute atomic E-state index is 6.08. The van der Waals surface area contributed by atoms with Crippen molar-refractivity contribution < 1.29 is 9.47 Å². The van der Waals surface area contributed by atoms with Crippen molar-refractivity contribution in [3.8, 4) is 5.75 Å². The van der Waals surface area contributed by atoms with Gasteiger partial charge in [0, 0.05) is 7.11 Å². The van der Waals surface area contributed by atoms with Crippen LogP contribution in [0.2, 0.25) is 5.02 Å². The van der Waals surface area contributed by atoms with Gasteiger partial charge in [0.15, 0.2) is 0 Å². The van der Waals surface area contributed by atoms with E-state index in [2.05, 4.69) is 19.2 Å². The van der Waals surface area contributed by atoms with E-state index in [1.807, 2.05) is 18.2 Å². The molecule has 0 aromatic heterocycles. The SMILES string of the molecule is CCCNC(c1ccc(Cl)c(OC)c1)C(CC)OC. The highest BCUT2D eigenvalue weighted by molar-refractivity contribution is 6.32. The summed E-state index contributed by atoms with van der Waals surface area (Å²) >= 11 is 6.08. The zero-order valence-electron chi connectivity index (χ0n) is 12.2. The van der Waals surface area contributed by atoms with Gasteiger partial charge in [-0.1, -0.05) is 31.5 Å². The summed E-state index contributed by atoms with van der Waals surface area (Å²) in [4.78, 5) is 0. The molecule has 0 radical (unpaired) electrons. The van der Waals surface area contributed by atoms with Crippen LogP contribution in [0.5, 0.6) is 5.75 Å². The van der Waals surface area contributed by atoms with E-state index in [-0.39, 0.29) is 12.1 Å². The van der Waals surface area contributed by atoms with Crippen LogP contribution in [0.25, 0.3) is 0 Å². The van der Waals surface area contributed by atoms with Crippen molar-refractivity contribution in [3.63, 3.8) is 0 Å². The molecule has 2 atom stereocenters. The zero-order chi connectivity index (χ0) is 14.3. The molecule has 0 saturated heterocycles. The summed E-state index contributed by atoms with van der Waals surface area (Å²) in [6, 6.07) is 6.04. The molecule has 0 fully saturated rings. The molecule has 0 amide bonds. The highest BCUT2D eigenvalue weighted by atomic mass is 35.5. The number of hydrogen-bond acceptors (Lipinski definition) is 3. The van der Waals surface area contributed by atoms with Crippen LogP contribution < -0.4 is 10.1 Å². The van der Waals surface area contributed by atoms with E-state index in [1.54, 1.807) is 14.2 Å². The Morgan fingerprint density at radius 3 is 2.53 bits per heavy atom. The summed E-state index contributed by atoms with van der Waals surface area (Å²) in [7, 11) is 3.38. The lowest BCUT2D eigenvalue weighted by Crippen LogP contribution is -2.33. The van der Waals surface area contributed by atoms with Gasteiger partial charge >= 0.3 is 0 Å². The fourth-order valence-electron chi connectivity index (χ4n) is 2.17. The molecule has 0 aliphatic carbocycles. The standard InChI is InChI=1S/C15H24ClNO2/c1-5-9-17-15(13(6-2)18-3)11-7-8-12(16)14(10-11)19-4/h7-8,10,13,15,17H,5-6,9H2,1-4H3. The Balaban J connectivity index is 3.01. The van der Waals surface area contributed by atoms with Crippen molar-refractivity contribution in [2.75, 3.05) is 20.8 Å². The fraction of sp³-hybridized carbons (Fsp3) is 0.600. The van der Waals surface area contributed by atoms with Crippen LogP contribution >= 0.6 is 11.6 Å². The van der Waals surface area contributed by atoms with Gasteiger partial charge in [-0.3, -0.25) is 0 Å². The van der Waals surface area contributed by atoms with Crippen molar-refractivity contribution in [1.82, 2.24) is 5.32 Å². The second kappa shape index (κ2) is 8.41. The van der Waals surface area contributed by atoms with Crippen molar-refractivity contribution >= 4 is 11.6 Å². The monoisotopic (exact) mass is 285 g/mol. The molecule has 3 nitrogen and oxygen atoms in total. The van der Waals surface area contributed by atoms with Crippen LogP contribution in [0.3, 0.4) is 0 Å². The summed E-state index contributed by atoms with van der Waals surface area (Å²) in [6.07, 6.45) is 2.17. The third kappa shape index (κ3) is 4.37. The number of nitrogens with one attached hydrogen (secondary N) is 1. The highest BCUT2D eigenvalue weighted by Gasteiger charge is 2.21. The van der Waals surface area contributed by atoms with E-state index >= 15 is 0 Å². The van der Waals surface area contributed by atoms with E-state index in [0.29, 0.717) is 10.8 Å². The molecule has 0 saturated carbocycles. The molecular weight excluding hydrogens is 262 g/mol. The van der Waals surface area contributed by atoms with Gasteiger partial charge in [-0.2, -0.15) is 0 Å². The van der Waals surface area contributed by atoms with Crippen LogP contribution in [-0.2, 0) is 4.74 Å². The Labute approximate surface area is 121 Å². The molecule has 19 heavy (non-hydrogen) atoms. The Kier molecular flexibility index (Phi) is 7.21. The molecule has 1 N–H and O–H groups in total. The first-order valence-electron chi connectivity index (χ1n) is 6.77. The minimum absolute atomic E-state index is 0.137. The molecule has 108 valence electrons. The number of benzene rings is 1. The van der Waals surface area contributed by atoms with E-state index < -0.39 is 0 Å². The summed E-state index contributed by atoms with van der Waals surface area (Å²) in [5.41, 5.74) is 1.14. The van der Waals surface area contributed by atoms with Crippen molar-refractivity contribution in [3.05, 3.63) is 28.8 Å². The maximum Gasteiger partial charge on any atom is 0.137 e. The average Bonchev–Trinajstić information content (AvgIpc) is 2.44. The third-order valence-electron chi connectivity index (χ3n) is 3.23. The summed E-state index contributed by atoms with van der Waals surface area (Å²) in [6.45, 7) is 5.23. The molecule has 2 unspecified atom stereocenters. The molecule has 0 aliphatic heterocycles. The van der Waals surface area contributed by atoms with Crippen LogP contribution in [0.15, 0.2) is 18.2 Å². The largest absolute Gasteiger partial charge is 0.495 e. The number of ether oxygens (including phenoxy) is 2. The van der Waals surface area contributed by atoms with E-state index in [0.717, 1.165) is 24.9 Å². The topological polar surface area (TPSA) is 30.5 Å². The summed E-state index contributed by atoms with van der Waals surface area (Å²) in [5.74, 6) is 0.702. The van der Waals surface area contributed by atoms with Gasteiger partial charge in [0.2, 0.25) is 0 Å². The summed E-state index contributed by atoms with van der Waals surface area (Å²) in [5, 5.41) is 4.17. The predicted molar refractivity (Wildman–Crippen MR) is 80.1 cm³/mol. The van der Waals surface area contributed by atoms with Gasteiger partial charge in [0.05, 0.1) is 24.3 Å². The van der Waals surface area contributed by atoms with E-state index in [1.165, 1.54) is 0 Å². The lowest BCUT2D eigenvalue weighted by atomic mass is 9.99. The molecular formula is C15H24ClNO2. The van der Waals surface area contributed by atoms with Gasteiger partial charge in [-0.15, -0.1) is 0 Å². The number of halogens is 1. The van der Waals surface area contributed by atoms with Gasteiger partial charge in [0.25, 0.3) is 0 Å². The smallest absolute Gasteiger partial charge is 0.137 e. The molecule has 0 aliphatic rings. The van der Waals surface area contributed by atoms with Crippen LogP contribution in [0, 0.1) is 0 Å². The van der Waals surface area contributed by atoms with Crippen molar-refractivity contribution in [2.24, 2.45) is 0 Å². The molecule has 4 heteroatoms. The molecule has 0 spiro atoms. The number of rotatable bonds is 8. The lowest BCUT2D eigenvalue weighted by Gasteiger charge is -2.27. The second-order valence-electron chi connectivity index (χ2n) is 4.51. The Morgan fingerprint density at radius 1 is 1.26 bits per heavy atom.